The average molecular weight is 427 g/mol. The first-order valence-corrected chi connectivity index (χ1v) is 9.91. The molecule has 2 aromatic carbocycles. The van der Waals surface area contributed by atoms with Crippen molar-refractivity contribution < 1.29 is 9.13 Å². The summed E-state index contributed by atoms with van der Waals surface area (Å²) in [5.74, 6) is 0.893. The molecule has 3 heterocycles. The molecule has 32 heavy (non-hydrogen) atoms. The molecule has 0 amide bonds. The molecule has 2 N–H and O–H groups in total. The number of hydrogen-bond donors (Lipinski definition) is 2. The summed E-state index contributed by atoms with van der Waals surface area (Å²) < 4.78 is 20.2. The summed E-state index contributed by atoms with van der Waals surface area (Å²) in [6.07, 6.45) is 1.67. The summed E-state index contributed by atoms with van der Waals surface area (Å²) in [6.45, 7) is 2.12. The maximum absolute atomic E-state index is 14.4. The Kier molecular flexibility index (Phi) is 5.12. The second-order valence-corrected chi connectivity index (χ2v) is 7.13. The molecule has 0 unspecified atom stereocenters. The predicted molar refractivity (Wildman–Crippen MR) is 116 cm³/mol. The van der Waals surface area contributed by atoms with E-state index in [1.807, 2.05) is 43.3 Å². The molecule has 3 aromatic heterocycles. The molecule has 9 heteroatoms. The van der Waals surface area contributed by atoms with Crippen molar-refractivity contribution >= 4 is 0 Å². The Morgan fingerprint density at radius 2 is 1.88 bits per heavy atom. The summed E-state index contributed by atoms with van der Waals surface area (Å²) in [7, 11) is 0. The van der Waals surface area contributed by atoms with Crippen LogP contribution in [0.1, 0.15) is 11.4 Å². The maximum Gasteiger partial charge on any atom is 0.204 e. The van der Waals surface area contributed by atoms with E-state index < -0.39 is 5.82 Å². The second-order valence-electron chi connectivity index (χ2n) is 7.13. The van der Waals surface area contributed by atoms with Crippen LogP contribution in [0.3, 0.4) is 0 Å². The zero-order chi connectivity index (χ0) is 21.9. The van der Waals surface area contributed by atoms with E-state index in [4.69, 9.17) is 4.74 Å². The number of ether oxygens (including phenoxy) is 1. The van der Waals surface area contributed by atoms with Crippen molar-refractivity contribution in [2.24, 2.45) is 0 Å². The Labute approximate surface area is 182 Å². The van der Waals surface area contributed by atoms with Crippen LogP contribution >= 0.6 is 0 Å². The third-order valence-corrected chi connectivity index (χ3v) is 4.88. The molecule has 0 spiro atoms. The van der Waals surface area contributed by atoms with Gasteiger partial charge in [-0.05, 0) is 48.0 Å². The lowest BCUT2D eigenvalue weighted by atomic mass is 10.1. The number of tetrazole rings is 1. The van der Waals surface area contributed by atoms with Crippen molar-refractivity contribution in [2.45, 2.75) is 13.5 Å². The molecule has 5 aromatic rings. The van der Waals surface area contributed by atoms with E-state index in [1.165, 1.54) is 6.07 Å². The van der Waals surface area contributed by atoms with Gasteiger partial charge in [-0.2, -0.15) is 5.21 Å². The third kappa shape index (κ3) is 3.95. The number of pyridine rings is 1. The molecule has 158 valence electrons. The molecule has 0 atom stereocenters. The highest BCUT2D eigenvalue weighted by Gasteiger charge is 2.17. The van der Waals surface area contributed by atoms with Crippen molar-refractivity contribution in [3.05, 3.63) is 84.1 Å². The molecule has 0 aliphatic heterocycles. The fourth-order valence-corrected chi connectivity index (χ4v) is 3.37. The van der Waals surface area contributed by atoms with Gasteiger partial charge in [0.25, 0.3) is 0 Å². The lowest BCUT2D eigenvalue weighted by molar-refractivity contribution is 0.290. The topological polar surface area (TPSA) is 105 Å². The number of nitrogens with one attached hydrogen (secondary N) is 2. The van der Waals surface area contributed by atoms with Crippen LogP contribution in [0.2, 0.25) is 0 Å². The van der Waals surface area contributed by atoms with Gasteiger partial charge in [-0.15, -0.1) is 10.2 Å². The fraction of sp³-hybridized carbons (Fsp3) is 0.0870. The smallest absolute Gasteiger partial charge is 0.204 e. The van der Waals surface area contributed by atoms with Crippen LogP contribution in [-0.2, 0) is 6.61 Å². The molecule has 0 fully saturated rings. The highest BCUT2D eigenvalue weighted by molar-refractivity contribution is 5.79. The molecular weight excluding hydrogens is 409 g/mol. The van der Waals surface area contributed by atoms with Crippen molar-refractivity contribution in [3.63, 3.8) is 0 Å². The number of aryl methyl sites for hydroxylation is 1. The Bertz CT molecular complexity index is 1350. The van der Waals surface area contributed by atoms with E-state index in [-0.39, 0.29) is 12.4 Å². The van der Waals surface area contributed by atoms with Crippen LogP contribution in [0.25, 0.3) is 34.0 Å². The molecule has 0 aliphatic carbocycles. The SMILES string of the molecule is Cc1nc(-c2ccc(F)c(OCc3ccccc3)c2)c(-c2cc(-c3nn[nH]n3)ccn2)[nH]1. The number of H-pyrrole nitrogens is 2. The zero-order valence-electron chi connectivity index (χ0n) is 17.1. The van der Waals surface area contributed by atoms with Crippen molar-refractivity contribution in [1.82, 2.24) is 35.6 Å². The summed E-state index contributed by atoms with van der Waals surface area (Å²) in [5.41, 5.74) is 4.42. The van der Waals surface area contributed by atoms with Gasteiger partial charge in [0.15, 0.2) is 11.6 Å². The number of halogens is 1. The first kappa shape index (κ1) is 19.6. The average Bonchev–Trinajstić information content (AvgIpc) is 3.50. The van der Waals surface area contributed by atoms with Gasteiger partial charge < -0.3 is 9.72 Å². The minimum Gasteiger partial charge on any atom is -0.486 e. The number of hydrogen-bond acceptors (Lipinski definition) is 6. The van der Waals surface area contributed by atoms with Crippen LogP contribution in [0.4, 0.5) is 4.39 Å². The minimum atomic E-state index is -0.435. The zero-order valence-corrected chi connectivity index (χ0v) is 17.1. The Morgan fingerprint density at radius 1 is 1.00 bits per heavy atom. The van der Waals surface area contributed by atoms with Gasteiger partial charge >= 0.3 is 0 Å². The number of nitrogens with zero attached hydrogens (tertiary/aromatic N) is 5. The van der Waals surface area contributed by atoms with E-state index in [0.29, 0.717) is 34.3 Å². The molecule has 0 saturated heterocycles. The van der Waals surface area contributed by atoms with Gasteiger partial charge in [-0.25, -0.2) is 9.37 Å². The van der Waals surface area contributed by atoms with Gasteiger partial charge in [0.05, 0.1) is 17.1 Å². The predicted octanol–water partition coefficient (Wildman–Crippen LogP) is 4.35. The minimum absolute atomic E-state index is 0.159. The molecule has 8 nitrogen and oxygen atoms in total. The standard InChI is InChI=1S/C23H18FN7O/c1-14-26-21(22(27-14)19-11-17(9-10-25-19)23-28-30-31-29-23)16-7-8-18(24)20(12-16)32-13-15-5-3-2-4-6-15/h2-12H,13H2,1H3,(H,26,27)(H,28,29,30,31). The summed E-state index contributed by atoms with van der Waals surface area (Å²) in [6, 6.07) is 18.0. The number of aromatic amines is 2. The van der Waals surface area contributed by atoms with Crippen molar-refractivity contribution in [2.75, 3.05) is 0 Å². The van der Waals surface area contributed by atoms with E-state index in [1.54, 1.807) is 24.4 Å². The normalized spacial score (nSPS) is 10.9. The van der Waals surface area contributed by atoms with Crippen LogP contribution in [0.5, 0.6) is 5.75 Å². The molecular formula is C23H18FN7O. The molecule has 0 saturated carbocycles. The van der Waals surface area contributed by atoms with Crippen LogP contribution in [-0.4, -0.2) is 35.6 Å². The Morgan fingerprint density at radius 3 is 2.69 bits per heavy atom. The summed E-state index contributed by atoms with van der Waals surface area (Å²) >= 11 is 0. The molecule has 0 bridgehead atoms. The fourth-order valence-electron chi connectivity index (χ4n) is 3.37. The van der Waals surface area contributed by atoms with E-state index >= 15 is 0 Å². The van der Waals surface area contributed by atoms with Crippen LogP contribution in [0.15, 0.2) is 66.9 Å². The van der Waals surface area contributed by atoms with Gasteiger partial charge in [0, 0.05) is 17.3 Å². The maximum atomic E-state index is 14.4. The summed E-state index contributed by atoms with van der Waals surface area (Å²) in [5, 5.41) is 14.1. The molecule has 0 aliphatic rings. The van der Waals surface area contributed by atoms with E-state index in [9.17, 15) is 4.39 Å². The third-order valence-electron chi connectivity index (χ3n) is 4.88. The second kappa shape index (κ2) is 8.38. The number of rotatable bonds is 6. The van der Waals surface area contributed by atoms with Gasteiger partial charge in [0.2, 0.25) is 5.82 Å². The molecule has 0 radical (unpaired) electrons. The highest BCUT2D eigenvalue weighted by atomic mass is 19.1. The van der Waals surface area contributed by atoms with E-state index in [2.05, 4.69) is 35.6 Å². The molecule has 5 rings (SSSR count). The number of imidazole rings is 1. The van der Waals surface area contributed by atoms with Gasteiger partial charge in [-0.1, -0.05) is 30.3 Å². The van der Waals surface area contributed by atoms with Gasteiger partial charge in [-0.3, -0.25) is 4.98 Å². The van der Waals surface area contributed by atoms with Crippen molar-refractivity contribution in [3.8, 4) is 39.8 Å². The quantitative estimate of drug-likeness (QED) is 0.418. The number of aromatic nitrogens is 7. The first-order chi connectivity index (χ1) is 15.7. The lowest BCUT2D eigenvalue weighted by Crippen LogP contribution is -1.98. The van der Waals surface area contributed by atoms with E-state index in [0.717, 1.165) is 11.1 Å². The lowest BCUT2D eigenvalue weighted by Gasteiger charge is -2.10. The Balaban J connectivity index is 1.50. The van der Waals surface area contributed by atoms with Crippen molar-refractivity contribution in [1.29, 1.82) is 0 Å². The monoisotopic (exact) mass is 427 g/mol. The highest BCUT2D eigenvalue weighted by Crippen LogP contribution is 2.33. The number of benzene rings is 2. The van der Waals surface area contributed by atoms with Crippen LogP contribution < -0.4 is 4.74 Å². The largest absolute Gasteiger partial charge is 0.486 e. The Hall–Kier alpha value is -4.40. The van der Waals surface area contributed by atoms with Gasteiger partial charge in [0.1, 0.15) is 12.4 Å². The van der Waals surface area contributed by atoms with Crippen LogP contribution in [0, 0.1) is 12.7 Å². The first-order valence-electron chi connectivity index (χ1n) is 9.91. The summed E-state index contributed by atoms with van der Waals surface area (Å²) in [4.78, 5) is 12.3.